The van der Waals surface area contributed by atoms with Gasteiger partial charge < -0.3 is 8.83 Å². The summed E-state index contributed by atoms with van der Waals surface area (Å²) in [7, 11) is 0. The van der Waals surface area contributed by atoms with Crippen LogP contribution < -0.4 is 5.32 Å². The molecule has 3 aromatic heterocycles. The Labute approximate surface area is 148 Å². The molecule has 4 aromatic rings. The molecule has 1 amide bonds. The number of fused-ring (bicyclic) bond motifs is 1. The van der Waals surface area contributed by atoms with Gasteiger partial charge in [-0.25, -0.2) is 0 Å². The van der Waals surface area contributed by atoms with Crippen molar-refractivity contribution in [2.24, 2.45) is 0 Å². The number of amides is 1. The number of carbonyl (C=O) groups excluding carboxylic acids is 1. The number of hydrogen-bond donors (Lipinski definition) is 1. The Balaban J connectivity index is 1.57. The Morgan fingerprint density at radius 2 is 2.08 bits per heavy atom. The van der Waals surface area contributed by atoms with Gasteiger partial charge in [-0.05, 0) is 46.6 Å². The van der Waals surface area contributed by atoms with Crippen molar-refractivity contribution in [3.8, 4) is 10.8 Å². The number of carbonyl (C=O) groups is 1. The maximum absolute atomic E-state index is 12.3. The monoisotopic (exact) mass is 403 g/mol. The minimum atomic E-state index is -0.437. The van der Waals surface area contributed by atoms with Crippen LogP contribution in [0.5, 0.6) is 0 Å². The van der Waals surface area contributed by atoms with Crippen LogP contribution in [0.2, 0.25) is 0 Å². The second kappa shape index (κ2) is 5.88. The van der Waals surface area contributed by atoms with Crippen LogP contribution in [0, 0.1) is 6.92 Å². The van der Waals surface area contributed by atoms with Crippen LogP contribution in [0.25, 0.3) is 21.7 Å². The fourth-order valence-corrected chi connectivity index (χ4v) is 3.59. The van der Waals surface area contributed by atoms with Gasteiger partial charge in [0.2, 0.25) is 0 Å². The highest BCUT2D eigenvalue weighted by atomic mass is 79.9. The van der Waals surface area contributed by atoms with E-state index in [0.29, 0.717) is 11.5 Å². The van der Waals surface area contributed by atoms with E-state index < -0.39 is 5.91 Å². The van der Waals surface area contributed by atoms with E-state index in [-0.39, 0.29) is 11.8 Å². The summed E-state index contributed by atoms with van der Waals surface area (Å²) < 4.78 is 12.0. The molecule has 120 valence electrons. The van der Waals surface area contributed by atoms with Crippen LogP contribution >= 0.6 is 27.3 Å². The average Bonchev–Trinajstić information content (AvgIpc) is 3.26. The van der Waals surface area contributed by atoms with Crippen molar-refractivity contribution in [3.63, 3.8) is 0 Å². The summed E-state index contributed by atoms with van der Waals surface area (Å²) in [5.41, 5.74) is 1.66. The quantitative estimate of drug-likeness (QED) is 0.527. The molecule has 0 aliphatic heterocycles. The van der Waals surface area contributed by atoms with Crippen LogP contribution in [-0.4, -0.2) is 16.1 Å². The Kier molecular flexibility index (Phi) is 3.70. The van der Waals surface area contributed by atoms with Crippen molar-refractivity contribution in [3.05, 3.63) is 51.5 Å². The van der Waals surface area contributed by atoms with Gasteiger partial charge in [-0.15, -0.1) is 16.4 Å². The van der Waals surface area contributed by atoms with Crippen LogP contribution in [0.1, 0.15) is 16.1 Å². The summed E-state index contributed by atoms with van der Waals surface area (Å²) >= 11 is 4.84. The van der Waals surface area contributed by atoms with Crippen molar-refractivity contribution in [2.75, 3.05) is 5.32 Å². The predicted molar refractivity (Wildman–Crippen MR) is 94.2 cm³/mol. The molecule has 3 heterocycles. The zero-order valence-corrected chi connectivity index (χ0v) is 14.8. The lowest BCUT2D eigenvalue weighted by Gasteiger charge is -1.96. The lowest BCUT2D eigenvalue weighted by atomic mass is 10.2. The zero-order chi connectivity index (χ0) is 16.7. The van der Waals surface area contributed by atoms with Crippen molar-refractivity contribution >= 4 is 50.2 Å². The van der Waals surface area contributed by atoms with E-state index in [4.69, 9.17) is 8.83 Å². The minimum absolute atomic E-state index is 0.0247. The first-order valence-corrected chi connectivity index (χ1v) is 8.61. The first kappa shape index (κ1) is 15.1. The maximum Gasteiger partial charge on any atom is 0.322 e. The number of anilines is 1. The third kappa shape index (κ3) is 2.74. The van der Waals surface area contributed by atoms with Gasteiger partial charge in [-0.2, -0.15) is 0 Å². The summed E-state index contributed by atoms with van der Waals surface area (Å²) in [5, 5.41) is 11.2. The number of thiophene rings is 1. The maximum atomic E-state index is 12.3. The molecule has 0 radical (unpaired) electrons. The largest absolute Gasteiger partial charge is 0.451 e. The standard InChI is InChI=1S/C16H10BrN3O3S/c1-8-3-2-4-9-7-10(22-13(8)9)14(21)18-16-20-19-15(23-16)11-5-6-12(17)24-11/h2-7H,1H3,(H,18,20,21). The average molecular weight is 404 g/mol. The van der Waals surface area contributed by atoms with Crippen molar-refractivity contribution in [2.45, 2.75) is 6.92 Å². The van der Waals surface area contributed by atoms with Gasteiger partial charge in [-0.3, -0.25) is 10.1 Å². The summed E-state index contributed by atoms with van der Waals surface area (Å²) in [6, 6.07) is 11.2. The fraction of sp³-hybridized carbons (Fsp3) is 0.0625. The number of halogens is 1. The van der Waals surface area contributed by atoms with Gasteiger partial charge >= 0.3 is 6.01 Å². The number of nitrogens with one attached hydrogen (secondary N) is 1. The Morgan fingerprint density at radius 1 is 1.21 bits per heavy atom. The first-order valence-electron chi connectivity index (χ1n) is 7.00. The number of hydrogen-bond acceptors (Lipinski definition) is 6. The van der Waals surface area contributed by atoms with E-state index in [9.17, 15) is 4.79 Å². The fourth-order valence-electron chi connectivity index (χ4n) is 2.28. The van der Waals surface area contributed by atoms with E-state index in [2.05, 4.69) is 31.4 Å². The van der Waals surface area contributed by atoms with E-state index in [1.54, 1.807) is 6.07 Å². The normalized spacial score (nSPS) is 11.1. The Hall–Kier alpha value is -2.45. The molecule has 0 aliphatic carbocycles. The van der Waals surface area contributed by atoms with E-state index >= 15 is 0 Å². The highest BCUT2D eigenvalue weighted by Crippen LogP contribution is 2.31. The van der Waals surface area contributed by atoms with Crippen molar-refractivity contribution < 1.29 is 13.6 Å². The van der Waals surface area contributed by atoms with Crippen LogP contribution in [-0.2, 0) is 0 Å². The molecular formula is C16H10BrN3O3S. The minimum Gasteiger partial charge on any atom is -0.451 e. The van der Waals surface area contributed by atoms with E-state index in [0.717, 1.165) is 19.6 Å². The summed E-state index contributed by atoms with van der Waals surface area (Å²) in [4.78, 5) is 13.1. The molecule has 0 atom stereocenters. The van der Waals surface area contributed by atoms with Crippen molar-refractivity contribution in [1.29, 1.82) is 0 Å². The topological polar surface area (TPSA) is 81.2 Å². The number of benzene rings is 1. The summed E-state index contributed by atoms with van der Waals surface area (Å²) in [6.07, 6.45) is 0. The van der Waals surface area contributed by atoms with Gasteiger partial charge in [0.05, 0.1) is 8.66 Å². The third-order valence-electron chi connectivity index (χ3n) is 3.39. The molecule has 6 nitrogen and oxygen atoms in total. The zero-order valence-electron chi connectivity index (χ0n) is 12.4. The molecule has 0 bridgehead atoms. The van der Waals surface area contributed by atoms with Gasteiger partial charge in [0.25, 0.3) is 11.8 Å². The third-order valence-corrected chi connectivity index (χ3v) is 5.01. The number of aryl methyl sites for hydroxylation is 1. The molecule has 1 N–H and O–H groups in total. The molecule has 0 aliphatic rings. The SMILES string of the molecule is Cc1cccc2cc(C(=O)Nc3nnc(-c4ccc(Br)s4)o3)oc12. The molecule has 0 fully saturated rings. The molecule has 0 saturated carbocycles. The molecule has 0 unspecified atom stereocenters. The van der Waals surface area contributed by atoms with Gasteiger partial charge in [0.1, 0.15) is 5.58 Å². The number of aromatic nitrogens is 2. The molecular weight excluding hydrogens is 394 g/mol. The number of nitrogens with zero attached hydrogens (tertiary/aromatic N) is 2. The number of rotatable bonds is 3. The molecule has 8 heteroatoms. The number of para-hydroxylation sites is 1. The van der Waals surface area contributed by atoms with Crippen LogP contribution in [0.4, 0.5) is 6.01 Å². The highest BCUT2D eigenvalue weighted by molar-refractivity contribution is 9.11. The second-order valence-electron chi connectivity index (χ2n) is 5.07. The van der Waals surface area contributed by atoms with Gasteiger partial charge in [0, 0.05) is 5.39 Å². The van der Waals surface area contributed by atoms with Crippen molar-refractivity contribution in [1.82, 2.24) is 10.2 Å². The van der Waals surface area contributed by atoms with Gasteiger partial charge in [-0.1, -0.05) is 23.3 Å². The highest BCUT2D eigenvalue weighted by Gasteiger charge is 2.17. The van der Waals surface area contributed by atoms with Gasteiger partial charge in [0.15, 0.2) is 5.76 Å². The lowest BCUT2D eigenvalue weighted by molar-refractivity contribution is 0.0996. The molecule has 4 rings (SSSR count). The van der Waals surface area contributed by atoms with Crippen LogP contribution in [0.3, 0.4) is 0 Å². The lowest BCUT2D eigenvalue weighted by Crippen LogP contribution is -2.10. The van der Waals surface area contributed by atoms with E-state index in [1.165, 1.54) is 11.3 Å². The number of furan rings is 1. The Bertz CT molecular complexity index is 1050. The molecule has 1 aromatic carbocycles. The van der Waals surface area contributed by atoms with Crippen LogP contribution in [0.15, 0.2) is 49.0 Å². The molecule has 0 spiro atoms. The molecule has 24 heavy (non-hydrogen) atoms. The smallest absolute Gasteiger partial charge is 0.322 e. The summed E-state index contributed by atoms with van der Waals surface area (Å²) in [5.74, 6) is 0.104. The molecule has 0 saturated heterocycles. The summed E-state index contributed by atoms with van der Waals surface area (Å²) in [6.45, 7) is 1.93. The predicted octanol–water partition coefficient (Wildman–Crippen LogP) is 4.87. The first-order chi connectivity index (χ1) is 11.6. The Morgan fingerprint density at radius 3 is 2.83 bits per heavy atom. The van der Waals surface area contributed by atoms with E-state index in [1.807, 2.05) is 37.3 Å². The second-order valence-corrected chi connectivity index (χ2v) is 7.54.